The van der Waals surface area contributed by atoms with Gasteiger partial charge in [0, 0.05) is 0 Å². The van der Waals surface area contributed by atoms with E-state index < -0.39 is 10.1 Å². The third-order valence-corrected chi connectivity index (χ3v) is 9.29. The van der Waals surface area contributed by atoms with Crippen molar-refractivity contribution in [2.45, 2.75) is 79.1 Å². The molecule has 0 spiro atoms. The molecule has 0 unspecified atom stereocenters. The van der Waals surface area contributed by atoms with Crippen molar-refractivity contribution in [3.63, 3.8) is 0 Å². The van der Waals surface area contributed by atoms with Crippen molar-refractivity contribution < 1.29 is 13.0 Å². The summed E-state index contributed by atoms with van der Waals surface area (Å²) in [7, 11) is -3.88. The molecule has 140 valence electrons. The standard InChI is InChI=1S/C20H36O3S/c1-14-6-5-10-20(4)11-9-17-15(13-24(21,22)23)7-8-16(12-18(14)20)19(17,2)3/h14-18H,5-13H2,1-4H3,(H,21,22,23)/t14-,15+,16+,17+,18-,20+/m1/s1. The lowest BCUT2D eigenvalue weighted by molar-refractivity contribution is -0.0687. The Kier molecular flexibility index (Phi) is 4.88. The van der Waals surface area contributed by atoms with Crippen LogP contribution in [0, 0.1) is 40.4 Å². The first-order chi connectivity index (χ1) is 11.0. The Hall–Kier alpha value is -0.0900. The van der Waals surface area contributed by atoms with Crippen LogP contribution in [0.1, 0.15) is 79.1 Å². The smallest absolute Gasteiger partial charge is 0.265 e. The summed E-state index contributed by atoms with van der Waals surface area (Å²) in [5.41, 5.74) is 0.622. The molecule has 0 aromatic rings. The molecule has 6 atom stereocenters. The SMILES string of the molecule is C[C@@H]1CCC[C@@]2(C)CC[C@H]3[C@H](CS(=O)(=O)O)CC[C@@H](C[C@H]12)C3(C)C. The van der Waals surface area contributed by atoms with Crippen molar-refractivity contribution in [3.05, 3.63) is 0 Å². The van der Waals surface area contributed by atoms with Gasteiger partial charge in [0.15, 0.2) is 0 Å². The van der Waals surface area contributed by atoms with Gasteiger partial charge in [0.05, 0.1) is 5.75 Å². The molecule has 0 aromatic carbocycles. The molecular weight excluding hydrogens is 320 g/mol. The molecule has 24 heavy (non-hydrogen) atoms. The fourth-order valence-electron chi connectivity index (χ4n) is 6.92. The molecule has 3 nitrogen and oxygen atoms in total. The van der Waals surface area contributed by atoms with E-state index in [1.165, 1.54) is 32.1 Å². The minimum absolute atomic E-state index is 0.0373. The van der Waals surface area contributed by atoms with Gasteiger partial charge in [0.2, 0.25) is 0 Å². The van der Waals surface area contributed by atoms with Gasteiger partial charge in [-0.15, -0.1) is 0 Å². The number of fused-ring (bicyclic) bond motifs is 3. The van der Waals surface area contributed by atoms with Gasteiger partial charge >= 0.3 is 0 Å². The van der Waals surface area contributed by atoms with E-state index in [4.69, 9.17) is 0 Å². The lowest BCUT2D eigenvalue weighted by atomic mass is 9.48. The number of hydrogen-bond acceptors (Lipinski definition) is 2. The molecule has 0 aliphatic heterocycles. The molecule has 3 rings (SSSR count). The van der Waals surface area contributed by atoms with Crippen molar-refractivity contribution in [2.75, 3.05) is 5.75 Å². The van der Waals surface area contributed by atoms with E-state index in [2.05, 4.69) is 27.7 Å². The fraction of sp³-hybridized carbons (Fsp3) is 1.00. The Balaban J connectivity index is 1.89. The monoisotopic (exact) mass is 356 g/mol. The van der Waals surface area contributed by atoms with E-state index >= 15 is 0 Å². The largest absolute Gasteiger partial charge is 0.286 e. The topological polar surface area (TPSA) is 54.4 Å². The molecule has 3 aliphatic rings. The Morgan fingerprint density at radius 3 is 2.38 bits per heavy atom. The molecule has 3 saturated carbocycles. The maximum Gasteiger partial charge on any atom is 0.265 e. The predicted molar refractivity (Wildman–Crippen MR) is 98.4 cm³/mol. The van der Waals surface area contributed by atoms with Crippen molar-refractivity contribution in [1.82, 2.24) is 0 Å². The number of hydrogen-bond donors (Lipinski definition) is 1. The molecule has 1 N–H and O–H groups in total. The summed E-state index contributed by atoms with van der Waals surface area (Å²) in [5.74, 6) is 2.87. The second-order valence-corrected chi connectivity index (χ2v) is 11.6. The first kappa shape index (κ1) is 18.7. The van der Waals surface area contributed by atoms with Gasteiger partial charge in [-0.3, -0.25) is 4.55 Å². The molecule has 0 radical (unpaired) electrons. The molecule has 0 saturated heterocycles. The molecule has 2 bridgehead atoms. The molecule has 0 aromatic heterocycles. The normalized spacial score (nSPS) is 45.8. The highest BCUT2D eigenvalue weighted by Gasteiger charge is 2.52. The fourth-order valence-corrected chi connectivity index (χ4v) is 7.86. The predicted octanol–water partition coefficient (Wildman–Crippen LogP) is 5.17. The molecule has 0 amide bonds. The van der Waals surface area contributed by atoms with E-state index in [1.807, 2.05) is 0 Å². The summed E-state index contributed by atoms with van der Waals surface area (Å²) in [6.45, 7) is 9.70. The average molecular weight is 357 g/mol. The van der Waals surface area contributed by atoms with Gasteiger partial charge in [-0.2, -0.15) is 8.42 Å². The minimum Gasteiger partial charge on any atom is -0.286 e. The lowest BCUT2D eigenvalue weighted by Crippen LogP contribution is -2.49. The first-order valence-electron chi connectivity index (χ1n) is 9.98. The van der Waals surface area contributed by atoms with Crippen molar-refractivity contribution in [3.8, 4) is 0 Å². The molecule has 4 heteroatoms. The Labute approximate surface area is 148 Å². The Morgan fingerprint density at radius 2 is 1.71 bits per heavy atom. The highest BCUT2D eigenvalue weighted by molar-refractivity contribution is 7.85. The van der Waals surface area contributed by atoms with Gasteiger partial charge < -0.3 is 0 Å². The first-order valence-corrected chi connectivity index (χ1v) is 11.6. The summed E-state index contributed by atoms with van der Waals surface area (Å²) in [5, 5.41) is 0. The van der Waals surface area contributed by atoms with Crippen molar-refractivity contribution in [1.29, 1.82) is 0 Å². The van der Waals surface area contributed by atoms with E-state index in [-0.39, 0.29) is 17.1 Å². The van der Waals surface area contributed by atoms with Crippen molar-refractivity contribution in [2.24, 2.45) is 40.4 Å². The Morgan fingerprint density at radius 1 is 1.00 bits per heavy atom. The zero-order valence-electron chi connectivity index (χ0n) is 15.9. The molecule has 0 heterocycles. The second-order valence-electron chi connectivity index (χ2n) is 10.1. The zero-order chi connectivity index (χ0) is 17.8. The summed E-state index contributed by atoms with van der Waals surface area (Å²) >= 11 is 0. The van der Waals surface area contributed by atoms with Crippen LogP contribution in [0.4, 0.5) is 0 Å². The zero-order valence-corrected chi connectivity index (χ0v) is 16.7. The molecular formula is C20H36O3S. The van der Waals surface area contributed by atoms with Gasteiger partial charge in [-0.1, -0.05) is 40.5 Å². The highest BCUT2D eigenvalue weighted by Crippen LogP contribution is 2.60. The number of rotatable bonds is 2. The van der Waals surface area contributed by atoms with Crippen LogP contribution in [-0.4, -0.2) is 18.7 Å². The summed E-state index contributed by atoms with van der Waals surface area (Å²) in [4.78, 5) is 0. The molecule has 3 aliphatic carbocycles. The molecule has 3 fully saturated rings. The summed E-state index contributed by atoms with van der Waals surface area (Å²) in [6, 6.07) is 0. The van der Waals surface area contributed by atoms with E-state index in [9.17, 15) is 13.0 Å². The van der Waals surface area contributed by atoms with E-state index in [1.54, 1.807) is 0 Å². The van der Waals surface area contributed by atoms with Crippen LogP contribution in [0.15, 0.2) is 0 Å². The van der Waals surface area contributed by atoms with Crippen LogP contribution >= 0.6 is 0 Å². The van der Waals surface area contributed by atoms with Crippen LogP contribution < -0.4 is 0 Å². The van der Waals surface area contributed by atoms with Crippen molar-refractivity contribution >= 4 is 10.1 Å². The lowest BCUT2D eigenvalue weighted by Gasteiger charge is -2.57. The van der Waals surface area contributed by atoms with Crippen LogP contribution in [0.3, 0.4) is 0 Å². The average Bonchev–Trinajstić information content (AvgIpc) is 2.42. The van der Waals surface area contributed by atoms with Gasteiger partial charge in [0.25, 0.3) is 10.1 Å². The van der Waals surface area contributed by atoms with E-state index in [0.29, 0.717) is 17.3 Å². The van der Waals surface area contributed by atoms with Gasteiger partial charge in [-0.25, -0.2) is 0 Å². The highest BCUT2D eigenvalue weighted by atomic mass is 32.2. The quantitative estimate of drug-likeness (QED) is 0.695. The maximum absolute atomic E-state index is 11.5. The third-order valence-electron chi connectivity index (χ3n) is 8.44. The second kappa shape index (κ2) is 6.26. The summed E-state index contributed by atoms with van der Waals surface area (Å²) in [6.07, 6.45) is 9.84. The van der Waals surface area contributed by atoms with E-state index in [0.717, 1.165) is 31.1 Å². The van der Waals surface area contributed by atoms with Crippen LogP contribution in [0.5, 0.6) is 0 Å². The third kappa shape index (κ3) is 3.42. The van der Waals surface area contributed by atoms with Gasteiger partial charge in [0.1, 0.15) is 0 Å². The van der Waals surface area contributed by atoms with Crippen LogP contribution in [0.25, 0.3) is 0 Å². The Bertz CT molecular complexity index is 567. The minimum atomic E-state index is -3.88. The van der Waals surface area contributed by atoms with Gasteiger partial charge in [-0.05, 0) is 78.9 Å². The van der Waals surface area contributed by atoms with Crippen LogP contribution in [-0.2, 0) is 10.1 Å². The maximum atomic E-state index is 11.5. The van der Waals surface area contributed by atoms with Crippen LogP contribution in [0.2, 0.25) is 0 Å². The summed E-state index contributed by atoms with van der Waals surface area (Å²) < 4.78 is 32.4.